The molecular weight excluding hydrogens is 342 g/mol. The predicted octanol–water partition coefficient (Wildman–Crippen LogP) is 5.67. The van der Waals surface area contributed by atoms with E-state index < -0.39 is 0 Å². The number of rotatable bonds is 4. The molecule has 0 spiro atoms. The van der Waals surface area contributed by atoms with Crippen molar-refractivity contribution in [2.75, 3.05) is 6.54 Å². The van der Waals surface area contributed by atoms with E-state index >= 15 is 0 Å². The van der Waals surface area contributed by atoms with E-state index in [0.29, 0.717) is 0 Å². The zero-order valence-electron chi connectivity index (χ0n) is 12.2. The van der Waals surface area contributed by atoms with Gasteiger partial charge in [0, 0.05) is 9.17 Å². The largest absolute Gasteiger partial charge is 0.306 e. The number of benzene rings is 2. The molecule has 3 aromatic rings. The van der Waals surface area contributed by atoms with Gasteiger partial charge in [0.05, 0.1) is 6.04 Å². The highest BCUT2D eigenvalue weighted by molar-refractivity contribution is 9.10. The maximum atomic E-state index is 3.65. The summed E-state index contributed by atoms with van der Waals surface area (Å²) in [6.45, 7) is 5.29. The van der Waals surface area contributed by atoms with Gasteiger partial charge in [-0.1, -0.05) is 47.1 Å². The number of halogens is 1. The molecule has 0 amide bonds. The molecule has 0 aliphatic rings. The molecule has 108 valence electrons. The first-order valence-electron chi connectivity index (χ1n) is 7.16. The molecule has 0 saturated carbocycles. The van der Waals surface area contributed by atoms with Gasteiger partial charge in [0.1, 0.15) is 0 Å². The van der Waals surface area contributed by atoms with Crippen LogP contribution in [0.2, 0.25) is 0 Å². The van der Waals surface area contributed by atoms with Crippen LogP contribution in [0.25, 0.3) is 10.1 Å². The molecule has 1 N–H and O–H groups in total. The summed E-state index contributed by atoms with van der Waals surface area (Å²) in [5.41, 5.74) is 4.04. The Hall–Kier alpha value is -1.16. The molecule has 3 heteroatoms. The maximum absolute atomic E-state index is 3.65. The highest BCUT2D eigenvalue weighted by atomic mass is 79.9. The fourth-order valence-electron chi connectivity index (χ4n) is 2.78. The molecule has 0 fully saturated rings. The summed E-state index contributed by atoms with van der Waals surface area (Å²) in [5, 5.41) is 7.29. The lowest BCUT2D eigenvalue weighted by atomic mass is 9.94. The van der Waals surface area contributed by atoms with Crippen LogP contribution in [0.3, 0.4) is 0 Å². The minimum absolute atomic E-state index is 0.249. The van der Waals surface area contributed by atoms with Gasteiger partial charge in [-0.2, -0.15) is 0 Å². The van der Waals surface area contributed by atoms with Gasteiger partial charge in [0.25, 0.3) is 0 Å². The third kappa shape index (κ3) is 2.91. The summed E-state index contributed by atoms with van der Waals surface area (Å²) in [4.78, 5) is 0. The first-order valence-corrected chi connectivity index (χ1v) is 8.83. The van der Waals surface area contributed by atoms with E-state index in [1.807, 2.05) is 11.3 Å². The van der Waals surface area contributed by atoms with Gasteiger partial charge in [0.15, 0.2) is 0 Å². The Kier molecular flexibility index (Phi) is 4.43. The Labute approximate surface area is 138 Å². The lowest BCUT2D eigenvalue weighted by Gasteiger charge is -2.20. The lowest BCUT2D eigenvalue weighted by molar-refractivity contribution is 0.632. The van der Waals surface area contributed by atoms with E-state index in [1.165, 1.54) is 26.8 Å². The van der Waals surface area contributed by atoms with Crippen molar-refractivity contribution in [1.29, 1.82) is 0 Å². The van der Waals surface area contributed by atoms with Crippen LogP contribution in [0.15, 0.2) is 52.3 Å². The second kappa shape index (κ2) is 6.30. The molecule has 2 aromatic carbocycles. The fourth-order valence-corrected chi connectivity index (χ4v) is 4.24. The molecule has 3 rings (SSSR count). The lowest BCUT2D eigenvalue weighted by Crippen LogP contribution is -2.22. The summed E-state index contributed by atoms with van der Waals surface area (Å²) in [6.07, 6.45) is 0. The van der Waals surface area contributed by atoms with E-state index in [4.69, 9.17) is 0 Å². The van der Waals surface area contributed by atoms with E-state index in [9.17, 15) is 0 Å². The summed E-state index contributed by atoms with van der Waals surface area (Å²) >= 11 is 5.38. The average Bonchev–Trinajstić information content (AvgIpc) is 2.89. The summed E-state index contributed by atoms with van der Waals surface area (Å²) in [7, 11) is 0. The van der Waals surface area contributed by atoms with Crippen molar-refractivity contribution >= 4 is 37.4 Å². The second-order valence-electron chi connectivity index (χ2n) is 5.18. The van der Waals surface area contributed by atoms with Gasteiger partial charge in [-0.15, -0.1) is 11.3 Å². The average molecular weight is 360 g/mol. The van der Waals surface area contributed by atoms with E-state index in [-0.39, 0.29) is 6.04 Å². The number of thiophene rings is 1. The Bertz CT molecular complexity index is 763. The number of hydrogen-bond acceptors (Lipinski definition) is 2. The first-order chi connectivity index (χ1) is 10.2. The standard InChI is InChI=1S/C18H18BrNS/c1-3-20-18(14-9-8-13(19)10-12(14)2)16-11-21-17-7-5-4-6-15(16)17/h4-11,18,20H,3H2,1-2H3. The topological polar surface area (TPSA) is 12.0 Å². The number of hydrogen-bond donors (Lipinski definition) is 1. The number of aryl methyl sites for hydroxylation is 1. The smallest absolute Gasteiger partial charge is 0.0593 e. The van der Waals surface area contributed by atoms with Crippen molar-refractivity contribution in [2.45, 2.75) is 19.9 Å². The normalized spacial score (nSPS) is 12.7. The van der Waals surface area contributed by atoms with Gasteiger partial charge in [-0.05, 0) is 59.1 Å². The molecule has 0 aliphatic heterocycles. The van der Waals surface area contributed by atoms with Crippen molar-refractivity contribution in [1.82, 2.24) is 5.32 Å². The van der Waals surface area contributed by atoms with Crippen LogP contribution < -0.4 is 5.32 Å². The molecule has 0 radical (unpaired) electrons. The fraction of sp³-hybridized carbons (Fsp3) is 0.222. The second-order valence-corrected chi connectivity index (χ2v) is 7.01. The van der Waals surface area contributed by atoms with Crippen LogP contribution in [0.5, 0.6) is 0 Å². The van der Waals surface area contributed by atoms with Crippen molar-refractivity contribution in [3.8, 4) is 0 Å². The molecule has 1 atom stereocenters. The Morgan fingerprint density at radius 1 is 1.14 bits per heavy atom. The molecule has 1 heterocycles. The number of nitrogens with one attached hydrogen (secondary N) is 1. The van der Waals surface area contributed by atoms with E-state index in [1.54, 1.807) is 0 Å². The third-order valence-corrected chi connectivity index (χ3v) is 5.25. The van der Waals surface area contributed by atoms with Crippen molar-refractivity contribution in [3.63, 3.8) is 0 Å². The third-order valence-electron chi connectivity index (χ3n) is 3.77. The Morgan fingerprint density at radius 2 is 1.95 bits per heavy atom. The molecule has 1 nitrogen and oxygen atoms in total. The van der Waals surface area contributed by atoms with Crippen molar-refractivity contribution in [2.24, 2.45) is 0 Å². The summed E-state index contributed by atoms with van der Waals surface area (Å²) in [6, 6.07) is 15.4. The summed E-state index contributed by atoms with van der Waals surface area (Å²) in [5.74, 6) is 0. The molecule has 0 aliphatic carbocycles. The van der Waals surface area contributed by atoms with Crippen molar-refractivity contribution in [3.05, 3.63) is 69.0 Å². The monoisotopic (exact) mass is 359 g/mol. The van der Waals surface area contributed by atoms with Crippen LogP contribution >= 0.6 is 27.3 Å². The van der Waals surface area contributed by atoms with Crippen LogP contribution in [-0.2, 0) is 0 Å². The zero-order valence-corrected chi connectivity index (χ0v) is 14.6. The molecular formula is C18H18BrNS. The van der Waals surface area contributed by atoms with Crippen LogP contribution in [0, 0.1) is 6.92 Å². The molecule has 1 unspecified atom stereocenters. The number of fused-ring (bicyclic) bond motifs is 1. The highest BCUT2D eigenvalue weighted by Gasteiger charge is 2.18. The first kappa shape index (κ1) is 14.8. The summed E-state index contributed by atoms with van der Waals surface area (Å²) < 4.78 is 2.49. The van der Waals surface area contributed by atoms with Gasteiger partial charge >= 0.3 is 0 Å². The molecule has 0 bridgehead atoms. The van der Waals surface area contributed by atoms with Crippen LogP contribution in [0.4, 0.5) is 0 Å². The quantitative estimate of drug-likeness (QED) is 0.632. The minimum Gasteiger partial charge on any atom is -0.306 e. The van der Waals surface area contributed by atoms with E-state index in [2.05, 4.69) is 82.9 Å². The van der Waals surface area contributed by atoms with E-state index in [0.717, 1.165) is 11.0 Å². The molecule has 1 aromatic heterocycles. The van der Waals surface area contributed by atoms with Crippen molar-refractivity contribution < 1.29 is 0 Å². The van der Waals surface area contributed by atoms with Gasteiger partial charge < -0.3 is 5.32 Å². The van der Waals surface area contributed by atoms with Gasteiger partial charge in [0.2, 0.25) is 0 Å². The maximum Gasteiger partial charge on any atom is 0.0593 e. The highest BCUT2D eigenvalue weighted by Crippen LogP contribution is 2.35. The molecule has 0 saturated heterocycles. The van der Waals surface area contributed by atoms with Gasteiger partial charge in [-0.3, -0.25) is 0 Å². The van der Waals surface area contributed by atoms with Gasteiger partial charge in [-0.25, -0.2) is 0 Å². The van der Waals surface area contributed by atoms with Crippen LogP contribution in [-0.4, -0.2) is 6.54 Å². The predicted molar refractivity (Wildman–Crippen MR) is 96.2 cm³/mol. The zero-order chi connectivity index (χ0) is 14.8. The molecule has 21 heavy (non-hydrogen) atoms. The minimum atomic E-state index is 0.249. The Morgan fingerprint density at radius 3 is 2.71 bits per heavy atom. The van der Waals surface area contributed by atoms with Crippen LogP contribution in [0.1, 0.15) is 29.7 Å². The Balaban J connectivity index is 2.13. The SMILES string of the molecule is CCNC(c1ccc(Br)cc1C)c1csc2ccccc12.